The van der Waals surface area contributed by atoms with Gasteiger partial charge in [-0.05, 0) is 30.9 Å². The predicted molar refractivity (Wildman–Crippen MR) is 126 cm³/mol. The van der Waals surface area contributed by atoms with Crippen LogP contribution in [-0.2, 0) is 0 Å². The first-order chi connectivity index (χ1) is 14.8. The fraction of sp³-hybridized carbons (Fsp3) is 0.458. The standard InChI is InChI=1S/C24H36N6O/c1-18(2)19(3)9-10-22(28-24(31)21-8-7-11-25-16-21)20(4)29(5)14-15-30(6)23-17-26-12-13-27-23/h7-13,16-19,24,28,31H,14-15H2,1-6H3/b10-9-,22-20-. The summed E-state index contributed by atoms with van der Waals surface area (Å²) in [6, 6.07) is 3.68. The number of allylic oxidation sites excluding steroid dienone is 3. The maximum absolute atomic E-state index is 10.7. The van der Waals surface area contributed by atoms with Crippen LogP contribution in [0.15, 0.2) is 66.7 Å². The predicted octanol–water partition coefficient (Wildman–Crippen LogP) is 3.60. The first-order valence-electron chi connectivity index (χ1n) is 10.7. The molecule has 2 rings (SSSR count). The van der Waals surface area contributed by atoms with Crippen LogP contribution in [0, 0.1) is 11.8 Å². The number of hydrogen-bond acceptors (Lipinski definition) is 7. The van der Waals surface area contributed by atoms with Gasteiger partial charge in [0.25, 0.3) is 0 Å². The van der Waals surface area contributed by atoms with Crippen molar-refractivity contribution in [3.8, 4) is 0 Å². The lowest BCUT2D eigenvalue weighted by molar-refractivity contribution is 0.151. The lowest BCUT2D eigenvalue weighted by atomic mass is 9.97. The molecule has 0 aliphatic carbocycles. The Kier molecular flexibility index (Phi) is 9.46. The number of nitrogens with zero attached hydrogens (tertiary/aromatic N) is 5. The number of hydrogen-bond donors (Lipinski definition) is 2. The Morgan fingerprint density at radius 1 is 1.10 bits per heavy atom. The molecule has 2 N–H and O–H groups in total. The third kappa shape index (κ3) is 7.68. The average molecular weight is 425 g/mol. The van der Waals surface area contributed by atoms with Crippen LogP contribution in [0.1, 0.15) is 39.5 Å². The third-order valence-electron chi connectivity index (χ3n) is 5.58. The minimum atomic E-state index is -0.840. The molecule has 0 aliphatic heterocycles. The van der Waals surface area contributed by atoms with Gasteiger partial charge < -0.3 is 20.2 Å². The molecule has 0 aliphatic rings. The van der Waals surface area contributed by atoms with E-state index < -0.39 is 6.23 Å². The second-order valence-corrected chi connectivity index (χ2v) is 8.20. The topological polar surface area (TPSA) is 77.4 Å². The molecule has 0 bridgehead atoms. The molecule has 0 saturated carbocycles. The molecule has 2 unspecified atom stereocenters. The number of nitrogens with one attached hydrogen (secondary N) is 1. The first kappa shape index (κ1) is 24.3. The van der Waals surface area contributed by atoms with Gasteiger partial charge in [-0.25, -0.2) is 4.98 Å². The van der Waals surface area contributed by atoms with Gasteiger partial charge in [0.05, 0.1) is 11.9 Å². The molecule has 7 heteroatoms. The van der Waals surface area contributed by atoms with Crippen LogP contribution >= 0.6 is 0 Å². The Bertz CT molecular complexity index is 838. The molecule has 0 amide bonds. The van der Waals surface area contributed by atoms with E-state index >= 15 is 0 Å². The van der Waals surface area contributed by atoms with Crippen molar-refractivity contribution in [2.75, 3.05) is 32.1 Å². The molecule has 0 fully saturated rings. The van der Waals surface area contributed by atoms with E-state index in [1.807, 2.05) is 19.2 Å². The van der Waals surface area contributed by atoms with Crippen LogP contribution in [0.4, 0.5) is 5.82 Å². The molecule has 7 nitrogen and oxygen atoms in total. The number of anilines is 1. The molecule has 0 spiro atoms. The third-order valence-corrected chi connectivity index (χ3v) is 5.58. The summed E-state index contributed by atoms with van der Waals surface area (Å²) in [5.74, 6) is 1.81. The van der Waals surface area contributed by atoms with Crippen molar-refractivity contribution in [2.24, 2.45) is 11.8 Å². The van der Waals surface area contributed by atoms with E-state index in [0.717, 1.165) is 35.9 Å². The maximum atomic E-state index is 10.7. The van der Waals surface area contributed by atoms with Crippen molar-refractivity contribution in [2.45, 2.75) is 33.9 Å². The summed E-state index contributed by atoms with van der Waals surface area (Å²) >= 11 is 0. The number of pyridine rings is 1. The van der Waals surface area contributed by atoms with Crippen molar-refractivity contribution in [1.82, 2.24) is 25.2 Å². The van der Waals surface area contributed by atoms with Gasteiger partial charge in [-0.1, -0.05) is 32.9 Å². The SMILES string of the molecule is C/C(=C(\C=C/C(C)C(C)C)NC(O)c1cccnc1)N(C)CCN(C)c1cnccn1. The Balaban J connectivity index is 2.16. The van der Waals surface area contributed by atoms with Crippen LogP contribution in [0.5, 0.6) is 0 Å². The van der Waals surface area contributed by atoms with Crippen molar-refractivity contribution in [3.63, 3.8) is 0 Å². The summed E-state index contributed by atoms with van der Waals surface area (Å²) < 4.78 is 0. The molecule has 0 saturated heterocycles. The van der Waals surface area contributed by atoms with Gasteiger partial charge in [0.1, 0.15) is 5.82 Å². The number of likely N-dealkylation sites (N-methyl/N-ethyl adjacent to an activating group) is 2. The minimum Gasteiger partial charge on any atom is -0.375 e. The highest BCUT2D eigenvalue weighted by Gasteiger charge is 2.13. The first-order valence-corrected chi connectivity index (χ1v) is 10.7. The summed E-state index contributed by atoms with van der Waals surface area (Å²) in [7, 11) is 4.06. The van der Waals surface area contributed by atoms with Gasteiger partial charge in [-0.3, -0.25) is 9.97 Å². The molecular formula is C24H36N6O. The van der Waals surface area contributed by atoms with E-state index in [-0.39, 0.29) is 0 Å². The molecule has 0 radical (unpaired) electrons. The number of aliphatic hydroxyl groups excluding tert-OH is 1. The zero-order valence-electron chi connectivity index (χ0n) is 19.5. The molecule has 0 aromatic carbocycles. The molecule has 2 atom stereocenters. The molecule has 2 heterocycles. The van der Waals surface area contributed by atoms with Crippen molar-refractivity contribution in [1.29, 1.82) is 0 Å². The van der Waals surface area contributed by atoms with Gasteiger partial charge >= 0.3 is 0 Å². The van der Waals surface area contributed by atoms with Gasteiger partial charge in [0, 0.05) is 63.2 Å². The van der Waals surface area contributed by atoms with Crippen molar-refractivity contribution in [3.05, 3.63) is 72.2 Å². The van der Waals surface area contributed by atoms with Crippen LogP contribution in [0.2, 0.25) is 0 Å². The Hall–Kier alpha value is -2.93. The summed E-state index contributed by atoms with van der Waals surface area (Å²) in [5, 5.41) is 14.0. The van der Waals surface area contributed by atoms with Gasteiger partial charge in [0.15, 0.2) is 6.23 Å². The van der Waals surface area contributed by atoms with E-state index in [0.29, 0.717) is 11.8 Å². The highest BCUT2D eigenvalue weighted by atomic mass is 16.3. The number of aliphatic hydroxyl groups is 1. The second kappa shape index (κ2) is 12.1. The molecular weight excluding hydrogens is 388 g/mol. The Morgan fingerprint density at radius 2 is 1.84 bits per heavy atom. The van der Waals surface area contributed by atoms with Gasteiger partial charge in [-0.2, -0.15) is 0 Å². The maximum Gasteiger partial charge on any atom is 0.152 e. The van der Waals surface area contributed by atoms with Gasteiger partial charge in [0.2, 0.25) is 0 Å². The Labute approximate surface area is 186 Å². The molecule has 31 heavy (non-hydrogen) atoms. The highest BCUT2D eigenvalue weighted by Crippen LogP contribution is 2.17. The average Bonchev–Trinajstić information content (AvgIpc) is 2.80. The lowest BCUT2D eigenvalue weighted by Gasteiger charge is -2.27. The van der Waals surface area contributed by atoms with E-state index in [1.54, 1.807) is 31.0 Å². The zero-order chi connectivity index (χ0) is 22.8. The monoisotopic (exact) mass is 424 g/mol. The van der Waals surface area contributed by atoms with Crippen LogP contribution in [0.25, 0.3) is 0 Å². The van der Waals surface area contributed by atoms with Crippen LogP contribution < -0.4 is 10.2 Å². The highest BCUT2D eigenvalue weighted by molar-refractivity contribution is 5.33. The van der Waals surface area contributed by atoms with Crippen molar-refractivity contribution >= 4 is 5.82 Å². The smallest absolute Gasteiger partial charge is 0.152 e. The van der Waals surface area contributed by atoms with E-state index in [2.05, 4.69) is 77.0 Å². The summed E-state index contributed by atoms with van der Waals surface area (Å²) in [4.78, 5) is 16.8. The largest absolute Gasteiger partial charge is 0.375 e. The van der Waals surface area contributed by atoms with E-state index in [1.165, 1.54) is 0 Å². The van der Waals surface area contributed by atoms with Gasteiger partial charge in [-0.15, -0.1) is 0 Å². The summed E-state index contributed by atoms with van der Waals surface area (Å²) in [5.41, 5.74) is 2.65. The number of aromatic nitrogens is 3. The quantitative estimate of drug-likeness (QED) is 0.421. The number of rotatable bonds is 11. The fourth-order valence-corrected chi connectivity index (χ4v) is 2.79. The lowest BCUT2D eigenvalue weighted by Crippen LogP contribution is -2.32. The molecule has 2 aromatic heterocycles. The minimum absolute atomic E-state index is 0.424. The molecule has 168 valence electrons. The molecule has 2 aromatic rings. The van der Waals surface area contributed by atoms with E-state index in [4.69, 9.17) is 0 Å². The second-order valence-electron chi connectivity index (χ2n) is 8.20. The van der Waals surface area contributed by atoms with E-state index in [9.17, 15) is 5.11 Å². The van der Waals surface area contributed by atoms with Crippen molar-refractivity contribution < 1.29 is 5.11 Å². The normalized spacial score (nSPS) is 14.3. The Morgan fingerprint density at radius 3 is 2.45 bits per heavy atom. The van der Waals surface area contributed by atoms with Crippen LogP contribution in [-0.4, -0.2) is 52.1 Å². The fourth-order valence-electron chi connectivity index (χ4n) is 2.79. The summed E-state index contributed by atoms with van der Waals surface area (Å²) in [6.07, 6.45) is 11.9. The zero-order valence-corrected chi connectivity index (χ0v) is 19.5. The van der Waals surface area contributed by atoms with Crippen LogP contribution in [0.3, 0.4) is 0 Å². The summed E-state index contributed by atoms with van der Waals surface area (Å²) in [6.45, 7) is 10.3.